The number of hydrogen-bond acceptors (Lipinski definition) is 2. The first-order chi connectivity index (χ1) is 7.62. The number of rotatable bonds is 10. The molecule has 96 valence electrons. The van der Waals surface area contributed by atoms with Crippen LogP contribution in [0.25, 0.3) is 0 Å². The van der Waals surface area contributed by atoms with Crippen LogP contribution in [-0.2, 0) is 9.09 Å². The van der Waals surface area contributed by atoms with Gasteiger partial charge >= 0.3 is 7.60 Å². The zero-order valence-electron chi connectivity index (χ0n) is 10.5. The van der Waals surface area contributed by atoms with Crippen LogP contribution in [0, 0.1) is 0 Å². The van der Waals surface area contributed by atoms with Gasteiger partial charge in [-0.05, 0) is 19.8 Å². The maximum Gasteiger partial charge on any atom is 0.351 e. The van der Waals surface area contributed by atoms with Crippen molar-refractivity contribution in [2.75, 3.05) is 6.61 Å². The smallest absolute Gasteiger partial charge is 0.321 e. The highest BCUT2D eigenvalue weighted by atomic mass is 31.2. The first-order valence-corrected chi connectivity index (χ1v) is 7.91. The SMILES string of the molecule is CCCCCCCC/C=C/P(=O)(O)OCC. The highest BCUT2D eigenvalue weighted by Crippen LogP contribution is 2.43. The largest absolute Gasteiger partial charge is 0.351 e. The van der Waals surface area contributed by atoms with E-state index in [1.54, 1.807) is 13.0 Å². The Morgan fingerprint density at radius 3 is 2.38 bits per heavy atom. The molecule has 0 aromatic rings. The van der Waals surface area contributed by atoms with Crippen molar-refractivity contribution >= 4 is 7.60 Å². The molecule has 0 rings (SSSR count). The predicted octanol–water partition coefficient (Wildman–Crippen LogP) is 4.47. The van der Waals surface area contributed by atoms with Crippen LogP contribution in [0.15, 0.2) is 11.9 Å². The van der Waals surface area contributed by atoms with Gasteiger partial charge in [0.05, 0.1) is 6.61 Å². The molecule has 0 amide bonds. The maximum atomic E-state index is 11.2. The Labute approximate surface area is 99.4 Å². The van der Waals surface area contributed by atoms with Crippen LogP contribution < -0.4 is 0 Å². The van der Waals surface area contributed by atoms with Gasteiger partial charge in [-0.1, -0.05) is 45.1 Å². The summed E-state index contributed by atoms with van der Waals surface area (Å²) >= 11 is 0. The van der Waals surface area contributed by atoms with E-state index in [-0.39, 0.29) is 6.61 Å². The summed E-state index contributed by atoms with van der Waals surface area (Å²) in [7, 11) is -3.44. The normalized spacial score (nSPS) is 15.4. The molecule has 1 atom stereocenters. The average Bonchev–Trinajstić information content (AvgIpc) is 2.22. The van der Waals surface area contributed by atoms with E-state index in [9.17, 15) is 9.46 Å². The maximum absolute atomic E-state index is 11.2. The van der Waals surface area contributed by atoms with Crippen molar-refractivity contribution < 1.29 is 14.0 Å². The Morgan fingerprint density at radius 2 is 1.75 bits per heavy atom. The van der Waals surface area contributed by atoms with Crippen molar-refractivity contribution in [3.8, 4) is 0 Å². The minimum Gasteiger partial charge on any atom is -0.321 e. The van der Waals surface area contributed by atoms with Crippen molar-refractivity contribution in [3.05, 3.63) is 11.9 Å². The van der Waals surface area contributed by atoms with Gasteiger partial charge in [0.15, 0.2) is 0 Å². The number of allylic oxidation sites excluding steroid dienone is 1. The standard InChI is InChI=1S/C12H25O3P/c1-3-5-6-7-8-9-10-11-12-16(13,14)15-4-2/h11-12H,3-10H2,1-2H3,(H,13,14)/b12-11+. The van der Waals surface area contributed by atoms with Crippen LogP contribution in [0.5, 0.6) is 0 Å². The van der Waals surface area contributed by atoms with Gasteiger partial charge in [-0.2, -0.15) is 0 Å². The fourth-order valence-corrected chi connectivity index (χ4v) is 2.35. The van der Waals surface area contributed by atoms with Gasteiger partial charge in [-0.25, -0.2) is 0 Å². The summed E-state index contributed by atoms with van der Waals surface area (Å²) in [6.07, 6.45) is 10.1. The minimum absolute atomic E-state index is 0.273. The Morgan fingerprint density at radius 1 is 1.12 bits per heavy atom. The molecule has 4 heteroatoms. The molecule has 0 saturated heterocycles. The van der Waals surface area contributed by atoms with E-state index in [1.165, 1.54) is 37.9 Å². The third-order valence-electron chi connectivity index (χ3n) is 2.33. The van der Waals surface area contributed by atoms with E-state index < -0.39 is 7.60 Å². The zero-order valence-corrected chi connectivity index (χ0v) is 11.4. The van der Waals surface area contributed by atoms with Gasteiger partial charge in [0.1, 0.15) is 0 Å². The average molecular weight is 248 g/mol. The highest BCUT2D eigenvalue weighted by Gasteiger charge is 2.11. The first kappa shape index (κ1) is 15.9. The van der Waals surface area contributed by atoms with E-state index in [0.29, 0.717) is 0 Å². The molecule has 16 heavy (non-hydrogen) atoms. The van der Waals surface area contributed by atoms with E-state index in [0.717, 1.165) is 12.8 Å². The van der Waals surface area contributed by atoms with Crippen LogP contribution in [-0.4, -0.2) is 11.5 Å². The topological polar surface area (TPSA) is 46.5 Å². The Balaban J connectivity index is 3.43. The van der Waals surface area contributed by atoms with Crippen molar-refractivity contribution in [2.24, 2.45) is 0 Å². The highest BCUT2D eigenvalue weighted by molar-refractivity contribution is 7.56. The van der Waals surface area contributed by atoms with Crippen LogP contribution in [0.3, 0.4) is 0 Å². The molecule has 1 unspecified atom stereocenters. The monoisotopic (exact) mass is 248 g/mol. The van der Waals surface area contributed by atoms with E-state index in [2.05, 4.69) is 6.92 Å². The third-order valence-corrected chi connectivity index (χ3v) is 3.55. The molecule has 0 spiro atoms. The summed E-state index contributed by atoms with van der Waals surface area (Å²) in [6, 6.07) is 0. The molecular weight excluding hydrogens is 223 g/mol. The number of hydrogen-bond donors (Lipinski definition) is 1. The Kier molecular flexibility index (Phi) is 10.0. The van der Waals surface area contributed by atoms with Gasteiger partial charge < -0.3 is 9.42 Å². The molecule has 0 aliphatic carbocycles. The van der Waals surface area contributed by atoms with Gasteiger partial charge in [-0.3, -0.25) is 4.57 Å². The molecule has 0 radical (unpaired) electrons. The van der Waals surface area contributed by atoms with Crippen LogP contribution in [0.1, 0.15) is 58.8 Å². The molecule has 0 aromatic carbocycles. The molecule has 0 heterocycles. The molecule has 0 fully saturated rings. The van der Waals surface area contributed by atoms with Gasteiger partial charge in [0, 0.05) is 5.82 Å². The van der Waals surface area contributed by atoms with Gasteiger partial charge in [0.25, 0.3) is 0 Å². The second-order valence-corrected chi connectivity index (χ2v) is 5.61. The van der Waals surface area contributed by atoms with Crippen molar-refractivity contribution in [2.45, 2.75) is 58.8 Å². The van der Waals surface area contributed by atoms with Crippen molar-refractivity contribution in [3.63, 3.8) is 0 Å². The molecule has 0 aromatic heterocycles. The number of unbranched alkanes of at least 4 members (excludes halogenated alkanes) is 6. The van der Waals surface area contributed by atoms with E-state index in [4.69, 9.17) is 4.52 Å². The molecular formula is C12H25O3P. The lowest BCUT2D eigenvalue weighted by Gasteiger charge is -2.04. The van der Waals surface area contributed by atoms with Gasteiger partial charge in [0.2, 0.25) is 0 Å². The summed E-state index contributed by atoms with van der Waals surface area (Å²) in [5.41, 5.74) is 0. The van der Waals surface area contributed by atoms with Crippen LogP contribution >= 0.6 is 7.60 Å². The Hall–Kier alpha value is -0.110. The lowest BCUT2D eigenvalue weighted by Crippen LogP contribution is -1.84. The second-order valence-electron chi connectivity index (χ2n) is 3.92. The summed E-state index contributed by atoms with van der Waals surface area (Å²) in [6.45, 7) is 4.19. The van der Waals surface area contributed by atoms with E-state index >= 15 is 0 Å². The minimum atomic E-state index is -3.44. The lowest BCUT2D eigenvalue weighted by molar-refractivity contribution is 0.283. The second kappa shape index (κ2) is 10.1. The lowest BCUT2D eigenvalue weighted by atomic mass is 10.1. The van der Waals surface area contributed by atoms with Gasteiger partial charge in [-0.15, -0.1) is 0 Å². The summed E-state index contributed by atoms with van der Waals surface area (Å²) in [5, 5.41) is 0. The van der Waals surface area contributed by atoms with Crippen molar-refractivity contribution in [1.82, 2.24) is 0 Å². The molecule has 0 aliphatic rings. The fraction of sp³-hybridized carbons (Fsp3) is 0.833. The van der Waals surface area contributed by atoms with E-state index in [1.807, 2.05) is 0 Å². The molecule has 1 N–H and O–H groups in total. The van der Waals surface area contributed by atoms with Crippen LogP contribution in [0.2, 0.25) is 0 Å². The fourth-order valence-electron chi connectivity index (χ4n) is 1.48. The predicted molar refractivity (Wildman–Crippen MR) is 68.6 cm³/mol. The summed E-state index contributed by atoms with van der Waals surface area (Å²) < 4.78 is 15.9. The molecule has 0 saturated carbocycles. The first-order valence-electron chi connectivity index (χ1n) is 6.27. The third kappa shape index (κ3) is 10.4. The Bertz CT molecular complexity index is 226. The molecule has 0 aliphatic heterocycles. The summed E-state index contributed by atoms with van der Waals surface area (Å²) in [5.74, 6) is 1.31. The molecule has 3 nitrogen and oxygen atoms in total. The summed E-state index contributed by atoms with van der Waals surface area (Å²) in [4.78, 5) is 9.23. The van der Waals surface area contributed by atoms with Crippen molar-refractivity contribution in [1.29, 1.82) is 0 Å². The zero-order chi connectivity index (χ0) is 12.3. The quantitative estimate of drug-likeness (QED) is 0.458. The molecule has 0 bridgehead atoms. The van der Waals surface area contributed by atoms with Crippen LogP contribution in [0.4, 0.5) is 0 Å².